The molecule has 22 heavy (non-hydrogen) atoms. The molecule has 2 heteroatoms. The molecule has 0 saturated carbocycles. The SMILES string of the molecule is CC(C)(C)c1cc2c(cc1C(C)(C)C)Oc1ccccc1O2. The van der Waals surface area contributed by atoms with E-state index in [-0.39, 0.29) is 10.8 Å². The number of rotatable bonds is 0. The van der Waals surface area contributed by atoms with Gasteiger partial charge in [0.2, 0.25) is 0 Å². The van der Waals surface area contributed by atoms with Crippen molar-refractivity contribution in [1.29, 1.82) is 0 Å². The predicted molar refractivity (Wildman–Crippen MR) is 90.4 cm³/mol. The predicted octanol–water partition coefficient (Wildman–Crippen LogP) is 6.18. The molecule has 1 aliphatic heterocycles. The molecule has 0 aromatic heterocycles. The van der Waals surface area contributed by atoms with Gasteiger partial charge in [0.1, 0.15) is 0 Å². The second-order valence-corrected chi connectivity index (χ2v) is 8.00. The van der Waals surface area contributed by atoms with Gasteiger partial charge in [0.05, 0.1) is 0 Å². The lowest BCUT2D eigenvalue weighted by molar-refractivity contribution is 0.356. The van der Waals surface area contributed by atoms with Gasteiger partial charge in [-0.1, -0.05) is 53.7 Å². The van der Waals surface area contributed by atoms with Gasteiger partial charge in [0.25, 0.3) is 0 Å². The molecule has 0 aliphatic carbocycles. The zero-order valence-electron chi connectivity index (χ0n) is 14.3. The van der Waals surface area contributed by atoms with Gasteiger partial charge >= 0.3 is 0 Å². The van der Waals surface area contributed by atoms with Crippen molar-refractivity contribution in [3.05, 3.63) is 47.5 Å². The monoisotopic (exact) mass is 296 g/mol. The van der Waals surface area contributed by atoms with E-state index in [1.807, 2.05) is 24.3 Å². The number of hydrogen-bond donors (Lipinski definition) is 0. The molecule has 0 bridgehead atoms. The van der Waals surface area contributed by atoms with Crippen molar-refractivity contribution in [1.82, 2.24) is 0 Å². The van der Waals surface area contributed by atoms with Crippen LogP contribution in [0, 0.1) is 0 Å². The Hall–Kier alpha value is -1.96. The molecule has 1 aliphatic rings. The van der Waals surface area contributed by atoms with Gasteiger partial charge < -0.3 is 9.47 Å². The summed E-state index contributed by atoms with van der Waals surface area (Å²) in [5.74, 6) is 3.16. The quantitative estimate of drug-likeness (QED) is 0.493. The Balaban J connectivity index is 2.17. The molecule has 0 unspecified atom stereocenters. The first-order valence-corrected chi connectivity index (χ1v) is 7.80. The normalized spacial score (nSPS) is 13.7. The molecule has 0 spiro atoms. The van der Waals surface area contributed by atoms with E-state index in [9.17, 15) is 0 Å². The molecule has 0 saturated heterocycles. The fourth-order valence-electron chi connectivity index (χ4n) is 2.82. The largest absolute Gasteiger partial charge is 0.450 e. The van der Waals surface area contributed by atoms with Crippen molar-refractivity contribution < 1.29 is 9.47 Å². The van der Waals surface area contributed by atoms with E-state index < -0.39 is 0 Å². The maximum absolute atomic E-state index is 6.06. The highest BCUT2D eigenvalue weighted by Gasteiger charge is 2.29. The first kappa shape index (κ1) is 15.0. The zero-order valence-corrected chi connectivity index (χ0v) is 14.3. The van der Waals surface area contributed by atoms with Crippen LogP contribution >= 0.6 is 0 Å². The van der Waals surface area contributed by atoms with Crippen LogP contribution in [0.25, 0.3) is 0 Å². The number of hydrogen-bond acceptors (Lipinski definition) is 2. The highest BCUT2D eigenvalue weighted by atomic mass is 16.6. The lowest BCUT2D eigenvalue weighted by Crippen LogP contribution is -2.22. The Morgan fingerprint density at radius 2 is 0.955 bits per heavy atom. The third-order valence-electron chi connectivity index (χ3n) is 3.99. The van der Waals surface area contributed by atoms with E-state index in [1.54, 1.807) is 0 Å². The maximum Gasteiger partial charge on any atom is 0.170 e. The number of para-hydroxylation sites is 2. The van der Waals surface area contributed by atoms with E-state index in [0.717, 1.165) is 23.0 Å². The van der Waals surface area contributed by atoms with Crippen LogP contribution in [-0.2, 0) is 10.8 Å². The molecule has 3 rings (SSSR count). The Bertz CT molecular complexity index is 653. The zero-order chi connectivity index (χ0) is 16.1. The molecule has 0 radical (unpaired) electrons. The van der Waals surface area contributed by atoms with E-state index in [2.05, 4.69) is 53.7 Å². The molecular weight excluding hydrogens is 272 g/mol. The Morgan fingerprint density at radius 3 is 1.27 bits per heavy atom. The van der Waals surface area contributed by atoms with Crippen LogP contribution in [0.1, 0.15) is 52.7 Å². The average molecular weight is 296 g/mol. The molecule has 0 N–H and O–H groups in total. The summed E-state index contributed by atoms with van der Waals surface area (Å²) >= 11 is 0. The van der Waals surface area contributed by atoms with Crippen LogP contribution in [0.4, 0.5) is 0 Å². The first-order valence-electron chi connectivity index (χ1n) is 7.80. The van der Waals surface area contributed by atoms with Gasteiger partial charge in [-0.2, -0.15) is 0 Å². The van der Waals surface area contributed by atoms with Gasteiger partial charge in [-0.15, -0.1) is 0 Å². The Labute approximate surface area is 133 Å². The van der Waals surface area contributed by atoms with Crippen LogP contribution in [0.3, 0.4) is 0 Å². The van der Waals surface area contributed by atoms with Gasteiger partial charge in [0.15, 0.2) is 23.0 Å². The van der Waals surface area contributed by atoms with Gasteiger partial charge in [-0.25, -0.2) is 0 Å². The molecule has 0 fully saturated rings. The minimum atomic E-state index is 0.0535. The minimum Gasteiger partial charge on any atom is -0.450 e. The number of fused-ring (bicyclic) bond motifs is 2. The van der Waals surface area contributed by atoms with Gasteiger partial charge in [0, 0.05) is 0 Å². The fraction of sp³-hybridized carbons (Fsp3) is 0.400. The Morgan fingerprint density at radius 1 is 0.591 bits per heavy atom. The minimum absolute atomic E-state index is 0.0535. The van der Waals surface area contributed by atoms with Crippen LogP contribution in [-0.4, -0.2) is 0 Å². The summed E-state index contributed by atoms with van der Waals surface area (Å²) in [5, 5.41) is 0. The standard InChI is InChI=1S/C20H24O2/c1-19(2,3)13-11-17-18(12-14(13)20(4,5)6)22-16-10-8-7-9-15(16)21-17/h7-12H,1-6H3. The highest BCUT2D eigenvalue weighted by molar-refractivity contribution is 5.58. The smallest absolute Gasteiger partial charge is 0.170 e. The van der Waals surface area contributed by atoms with E-state index >= 15 is 0 Å². The van der Waals surface area contributed by atoms with Gasteiger partial charge in [-0.05, 0) is 46.2 Å². The molecular formula is C20H24O2. The third-order valence-corrected chi connectivity index (χ3v) is 3.99. The maximum atomic E-state index is 6.06. The van der Waals surface area contributed by atoms with Crippen LogP contribution in [0.2, 0.25) is 0 Å². The summed E-state index contributed by atoms with van der Waals surface area (Å²) in [6, 6.07) is 12.1. The van der Waals surface area contributed by atoms with Crippen molar-refractivity contribution in [2.24, 2.45) is 0 Å². The molecule has 2 nitrogen and oxygen atoms in total. The second-order valence-electron chi connectivity index (χ2n) is 8.00. The van der Waals surface area contributed by atoms with Crippen molar-refractivity contribution in [2.75, 3.05) is 0 Å². The van der Waals surface area contributed by atoms with Crippen LogP contribution in [0.5, 0.6) is 23.0 Å². The molecule has 1 heterocycles. The van der Waals surface area contributed by atoms with Gasteiger partial charge in [-0.3, -0.25) is 0 Å². The van der Waals surface area contributed by atoms with E-state index in [1.165, 1.54) is 11.1 Å². The molecule has 0 amide bonds. The highest BCUT2D eigenvalue weighted by Crippen LogP contribution is 2.49. The van der Waals surface area contributed by atoms with Crippen molar-refractivity contribution in [3.63, 3.8) is 0 Å². The number of benzene rings is 2. The second kappa shape index (κ2) is 4.77. The summed E-state index contributed by atoms with van der Waals surface area (Å²) in [6.45, 7) is 13.4. The molecule has 116 valence electrons. The molecule has 0 atom stereocenters. The summed E-state index contributed by atoms with van der Waals surface area (Å²) in [4.78, 5) is 0. The van der Waals surface area contributed by atoms with Crippen molar-refractivity contribution >= 4 is 0 Å². The third kappa shape index (κ3) is 2.58. The van der Waals surface area contributed by atoms with Crippen LogP contribution in [0.15, 0.2) is 36.4 Å². The summed E-state index contributed by atoms with van der Waals surface area (Å²) in [5.41, 5.74) is 2.72. The van der Waals surface area contributed by atoms with Crippen molar-refractivity contribution in [3.8, 4) is 23.0 Å². The number of ether oxygens (including phenoxy) is 2. The van der Waals surface area contributed by atoms with Crippen molar-refractivity contribution in [2.45, 2.75) is 52.4 Å². The fourth-order valence-corrected chi connectivity index (χ4v) is 2.82. The summed E-state index contributed by atoms with van der Waals surface area (Å²) in [6.07, 6.45) is 0. The average Bonchev–Trinajstić information content (AvgIpc) is 2.41. The lowest BCUT2D eigenvalue weighted by atomic mass is 9.75. The van der Waals surface area contributed by atoms with Crippen LogP contribution < -0.4 is 9.47 Å². The lowest BCUT2D eigenvalue weighted by Gasteiger charge is -2.32. The first-order chi connectivity index (χ1) is 10.2. The summed E-state index contributed by atoms with van der Waals surface area (Å²) < 4.78 is 12.1. The Kier molecular flexibility index (Phi) is 3.24. The topological polar surface area (TPSA) is 18.5 Å². The summed E-state index contributed by atoms with van der Waals surface area (Å²) in [7, 11) is 0. The molecule has 2 aromatic rings. The van der Waals surface area contributed by atoms with E-state index in [4.69, 9.17) is 9.47 Å². The van der Waals surface area contributed by atoms with E-state index in [0.29, 0.717) is 0 Å². The molecule has 2 aromatic carbocycles.